The van der Waals surface area contributed by atoms with Crippen LogP contribution in [-0.2, 0) is 11.8 Å². The predicted octanol–water partition coefficient (Wildman–Crippen LogP) is 9.17. The summed E-state index contributed by atoms with van der Waals surface area (Å²) < 4.78 is 0. The molecule has 0 nitrogen and oxygen atoms in total. The zero-order valence-electron chi connectivity index (χ0n) is 20.8. The van der Waals surface area contributed by atoms with Gasteiger partial charge in [0.1, 0.15) is 0 Å². The zero-order chi connectivity index (χ0) is 23.4. The Kier molecular flexibility index (Phi) is 7.03. The molecule has 170 valence electrons. The third-order valence-corrected chi connectivity index (χ3v) is 7.12. The minimum Gasteiger partial charge on any atom is -0.0995 e. The summed E-state index contributed by atoms with van der Waals surface area (Å²) in [5.74, 6) is 0.545. The normalized spacial score (nSPS) is 18.0. The van der Waals surface area contributed by atoms with Gasteiger partial charge < -0.3 is 0 Å². The van der Waals surface area contributed by atoms with Crippen LogP contribution in [0, 0.1) is 5.92 Å². The molecule has 0 saturated carbocycles. The van der Waals surface area contributed by atoms with Gasteiger partial charge in [-0.2, -0.15) is 0 Å². The SMILES string of the molecule is C=C(CCC1=CC=C(CC2=CC(c3ccccc3)=CC2)C1C)Cc1cccc(C(C)(C)C)c1. The van der Waals surface area contributed by atoms with Crippen LogP contribution >= 0.6 is 0 Å². The van der Waals surface area contributed by atoms with Crippen molar-refractivity contribution >= 4 is 5.57 Å². The van der Waals surface area contributed by atoms with Crippen LogP contribution in [0.5, 0.6) is 0 Å². The third kappa shape index (κ3) is 5.93. The van der Waals surface area contributed by atoms with Crippen molar-refractivity contribution in [1.29, 1.82) is 0 Å². The van der Waals surface area contributed by atoms with Crippen molar-refractivity contribution in [3.05, 3.63) is 124 Å². The lowest BCUT2D eigenvalue weighted by Gasteiger charge is -2.20. The highest BCUT2D eigenvalue weighted by Gasteiger charge is 2.20. The summed E-state index contributed by atoms with van der Waals surface area (Å²) in [6, 6.07) is 19.8. The van der Waals surface area contributed by atoms with Crippen LogP contribution < -0.4 is 0 Å². The average Bonchev–Trinajstić information content (AvgIpc) is 3.40. The second-order valence-corrected chi connectivity index (χ2v) is 10.8. The molecule has 0 aromatic heterocycles. The fourth-order valence-electron chi connectivity index (χ4n) is 4.89. The Balaban J connectivity index is 1.27. The van der Waals surface area contributed by atoms with E-state index >= 15 is 0 Å². The van der Waals surface area contributed by atoms with E-state index in [0.717, 1.165) is 32.1 Å². The van der Waals surface area contributed by atoms with E-state index in [0.29, 0.717) is 5.92 Å². The molecule has 0 spiro atoms. The smallest absolute Gasteiger partial charge is 0.00119 e. The molecule has 33 heavy (non-hydrogen) atoms. The molecule has 0 bridgehead atoms. The highest BCUT2D eigenvalue weighted by atomic mass is 14.3. The first-order valence-electron chi connectivity index (χ1n) is 12.4. The molecule has 4 rings (SSSR count). The summed E-state index contributed by atoms with van der Waals surface area (Å²) in [5.41, 5.74) is 11.7. The second kappa shape index (κ2) is 9.96. The van der Waals surface area contributed by atoms with Crippen molar-refractivity contribution in [3.8, 4) is 0 Å². The molecule has 0 fully saturated rings. The zero-order valence-corrected chi connectivity index (χ0v) is 20.8. The van der Waals surface area contributed by atoms with Gasteiger partial charge in [0.05, 0.1) is 0 Å². The molecule has 0 amide bonds. The summed E-state index contributed by atoms with van der Waals surface area (Å²) >= 11 is 0. The molecule has 0 heterocycles. The van der Waals surface area contributed by atoms with Gasteiger partial charge in [0, 0.05) is 0 Å². The Morgan fingerprint density at radius 1 is 0.970 bits per heavy atom. The Labute approximate surface area is 201 Å². The maximum atomic E-state index is 4.41. The molecule has 0 heteroatoms. The van der Waals surface area contributed by atoms with Crippen molar-refractivity contribution in [3.63, 3.8) is 0 Å². The van der Waals surface area contributed by atoms with Crippen molar-refractivity contribution in [2.75, 3.05) is 0 Å². The van der Waals surface area contributed by atoms with Gasteiger partial charge in [-0.15, -0.1) is 0 Å². The monoisotopic (exact) mass is 434 g/mol. The first-order valence-corrected chi connectivity index (χ1v) is 12.4. The molecular formula is C33H38. The molecule has 2 aromatic rings. The van der Waals surface area contributed by atoms with Gasteiger partial charge in [-0.05, 0) is 65.7 Å². The molecule has 1 unspecified atom stereocenters. The number of benzene rings is 2. The van der Waals surface area contributed by atoms with Gasteiger partial charge in [0.15, 0.2) is 0 Å². The van der Waals surface area contributed by atoms with E-state index in [1.54, 1.807) is 11.1 Å². The van der Waals surface area contributed by atoms with Crippen LogP contribution in [0.2, 0.25) is 0 Å². The van der Waals surface area contributed by atoms with Gasteiger partial charge >= 0.3 is 0 Å². The second-order valence-electron chi connectivity index (χ2n) is 10.8. The number of allylic oxidation sites excluding steroid dienone is 9. The Morgan fingerprint density at radius 3 is 2.48 bits per heavy atom. The number of hydrogen-bond donors (Lipinski definition) is 0. The fraction of sp³-hybridized carbons (Fsp3) is 0.333. The summed E-state index contributed by atoms with van der Waals surface area (Å²) in [4.78, 5) is 0. The minimum absolute atomic E-state index is 0.190. The summed E-state index contributed by atoms with van der Waals surface area (Å²) in [6.45, 7) is 13.6. The van der Waals surface area contributed by atoms with E-state index < -0.39 is 0 Å². The Morgan fingerprint density at radius 2 is 1.73 bits per heavy atom. The van der Waals surface area contributed by atoms with Crippen molar-refractivity contribution in [1.82, 2.24) is 0 Å². The summed E-state index contributed by atoms with van der Waals surface area (Å²) in [6.07, 6.45) is 14.8. The van der Waals surface area contributed by atoms with Crippen LogP contribution in [0.4, 0.5) is 0 Å². The predicted molar refractivity (Wildman–Crippen MR) is 144 cm³/mol. The molecule has 2 aliphatic carbocycles. The van der Waals surface area contributed by atoms with Gasteiger partial charge in [-0.25, -0.2) is 0 Å². The van der Waals surface area contributed by atoms with Crippen molar-refractivity contribution in [2.45, 2.75) is 65.2 Å². The van der Waals surface area contributed by atoms with Crippen LogP contribution in [0.1, 0.15) is 70.1 Å². The van der Waals surface area contributed by atoms with Gasteiger partial charge in [0.2, 0.25) is 0 Å². The van der Waals surface area contributed by atoms with Crippen LogP contribution in [0.25, 0.3) is 5.57 Å². The van der Waals surface area contributed by atoms with Crippen LogP contribution in [-0.4, -0.2) is 0 Å². The van der Waals surface area contributed by atoms with E-state index in [-0.39, 0.29) is 5.41 Å². The first kappa shape index (κ1) is 23.3. The lowest BCUT2D eigenvalue weighted by Crippen LogP contribution is -2.11. The molecule has 0 N–H and O–H groups in total. The maximum Gasteiger partial charge on any atom is -0.00119 e. The minimum atomic E-state index is 0.190. The molecular weight excluding hydrogens is 396 g/mol. The Hall–Kier alpha value is -2.86. The maximum absolute atomic E-state index is 4.41. The van der Waals surface area contributed by atoms with Crippen LogP contribution in [0.15, 0.2) is 108 Å². The fourth-order valence-corrected chi connectivity index (χ4v) is 4.89. The molecule has 0 saturated heterocycles. The summed E-state index contributed by atoms with van der Waals surface area (Å²) in [7, 11) is 0. The highest BCUT2D eigenvalue weighted by Crippen LogP contribution is 2.37. The summed E-state index contributed by atoms with van der Waals surface area (Å²) in [5, 5.41) is 0. The van der Waals surface area contributed by atoms with E-state index in [1.807, 2.05) is 0 Å². The lowest BCUT2D eigenvalue weighted by atomic mass is 9.85. The van der Waals surface area contributed by atoms with Crippen molar-refractivity contribution < 1.29 is 0 Å². The molecule has 0 radical (unpaired) electrons. The van der Waals surface area contributed by atoms with Gasteiger partial charge in [-0.1, -0.05) is 135 Å². The van der Waals surface area contributed by atoms with Crippen LogP contribution in [0.3, 0.4) is 0 Å². The van der Waals surface area contributed by atoms with E-state index in [2.05, 4.69) is 113 Å². The molecule has 1 atom stereocenters. The quantitative estimate of drug-likeness (QED) is 0.363. The van der Waals surface area contributed by atoms with Gasteiger partial charge in [0.25, 0.3) is 0 Å². The topological polar surface area (TPSA) is 0 Å². The van der Waals surface area contributed by atoms with E-state index in [9.17, 15) is 0 Å². The van der Waals surface area contributed by atoms with E-state index in [4.69, 9.17) is 0 Å². The lowest BCUT2D eigenvalue weighted by molar-refractivity contribution is 0.589. The molecule has 2 aliphatic rings. The highest BCUT2D eigenvalue weighted by molar-refractivity contribution is 5.77. The average molecular weight is 435 g/mol. The number of rotatable bonds is 8. The molecule has 2 aromatic carbocycles. The van der Waals surface area contributed by atoms with E-state index in [1.165, 1.54) is 33.4 Å². The first-order chi connectivity index (χ1) is 15.8. The Bertz CT molecular complexity index is 1130. The molecule has 0 aliphatic heterocycles. The standard InChI is InChI=1S/C33H38/c1-24(20-26-10-9-13-32(23-26)33(3,4)5)14-16-28-18-19-30(25(28)2)21-27-15-17-31(22-27)29-11-7-6-8-12-29/h6-13,17-19,22-23,25H,1,14-16,20-21H2,2-5H3. The largest absolute Gasteiger partial charge is 0.0995 e. The third-order valence-electron chi connectivity index (χ3n) is 7.12. The number of hydrogen-bond acceptors (Lipinski definition) is 0. The van der Waals surface area contributed by atoms with Crippen molar-refractivity contribution in [2.24, 2.45) is 5.92 Å². The van der Waals surface area contributed by atoms with Gasteiger partial charge in [-0.3, -0.25) is 0 Å².